The molecule has 0 saturated heterocycles. The lowest BCUT2D eigenvalue weighted by Crippen LogP contribution is -2.27. The second kappa shape index (κ2) is 11.0. The van der Waals surface area contributed by atoms with E-state index in [0.717, 1.165) is 30.4 Å². The van der Waals surface area contributed by atoms with Gasteiger partial charge < -0.3 is 24.9 Å². The number of amides is 2. The Labute approximate surface area is 219 Å². The average Bonchev–Trinajstić information content (AvgIpc) is 3.34. The number of hydrogen-bond acceptors (Lipinski definition) is 9. The number of anilines is 1. The highest BCUT2D eigenvalue weighted by Gasteiger charge is 2.24. The molecular weight excluding hydrogens is 490 g/mol. The first-order chi connectivity index (χ1) is 18.0. The van der Waals surface area contributed by atoms with Crippen molar-refractivity contribution in [1.82, 2.24) is 25.1 Å². The molecule has 0 fully saturated rings. The van der Waals surface area contributed by atoms with Crippen LogP contribution in [-0.2, 0) is 11.3 Å². The van der Waals surface area contributed by atoms with Crippen LogP contribution in [0.1, 0.15) is 51.3 Å². The van der Waals surface area contributed by atoms with Gasteiger partial charge in [-0.15, -0.1) is 10.2 Å². The quantitative estimate of drug-likeness (QED) is 0.418. The summed E-state index contributed by atoms with van der Waals surface area (Å²) in [5.41, 5.74) is 8.62. The summed E-state index contributed by atoms with van der Waals surface area (Å²) in [4.78, 5) is 33.9. The number of nitrogens with one attached hydrogen (secondary N) is 1. The number of ether oxygens (including phenoxy) is 1. The van der Waals surface area contributed by atoms with Gasteiger partial charge in [-0.3, -0.25) is 5.32 Å². The Kier molecular flexibility index (Phi) is 7.72. The van der Waals surface area contributed by atoms with Crippen molar-refractivity contribution < 1.29 is 23.8 Å². The van der Waals surface area contributed by atoms with Crippen molar-refractivity contribution in [1.29, 1.82) is 0 Å². The number of aromatic nitrogens is 4. The molecule has 38 heavy (non-hydrogen) atoms. The molecule has 1 atom stereocenters. The first-order valence-corrected chi connectivity index (χ1v) is 12.2. The molecule has 1 unspecified atom stereocenters. The Morgan fingerprint density at radius 2 is 1.92 bits per heavy atom. The van der Waals surface area contributed by atoms with Gasteiger partial charge in [0.05, 0.1) is 11.9 Å². The number of allylic oxidation sites excluding steroid dienone is 1. The molecule has 0 bridgehead atoms. The molecule has 12 nitrogen and oxygen atoms in total. The molecule has 0 spiro atoms. The van der Waals surface area contributed by atoms with Gasteiger partial charge in [-0.1, -0.05) is 18.2 Å². The molecule has 2 aromatic heterocycles. The molecule has 0 saturated carbocycles. The molecule has 12 heteroatoms. The Hall–Kier alpha value is -4.32. The number of nitrogens with two attached hydrogens (primary N) is 1. The van der Waals surface area contributed by atoms with Crippen molar-refractivity contribution in [3.8, 4) is 23.0 Å². The van der Waals surface area contributed by atoms with Crippen LogP contribution < -0.4 is 11.1 Å². The van der Waals surface area contributed by atoms with Crippen LogP contribution in [0.5, 0.6) is 0 Å². The van der Waals surface area contributed by atoms with Crippen LogP contribution in [0, 0.1) is 0 Å². The van der Waals surface area contributed by atoms with E-state index >= 15 is 0 Å². The molecule has 0 radical (unpaired) electrons. The average molecular weight is 522 g/mol. The molecule has 2 amide bonds. The van der Waals surface area contributed by atoms with Crippen molar-refractivity contribution in [3.63, 3.8) is 0 Å². The van der Waals surface area contributed by atoms with E-state index in [1.165, 1.54) is 11.9 Å². The summed E-state index contributed by atoms with van der Waals surface area (Å²) < 4.78 is 11.3. The highest BCUT2D eigenvalue weighted by Crippen LogP contribution is 2.31. The topological polar surface area (TPSA) is 170 Å². The minimum absolute atomic E-state index is 0.0724. The number of carbonyl (C=O) groups excluding carboxylic acids is 1. The summed E-state index contributed by atoms with van der Waals surface area (Å²) in [6.45, 7) is 5.53. The Balaban J connectivity index is 1.64. The number of hydrogen-bond donors (Lipinski definition) is 3. The third-order valence-electron chi connectivity index (χ3n) is 5.75. The SMILES string of the molecule is CN(Cc1ccc(-c2nnc(-c3nc(C4=CCC(N)CC4)cnc3NC(=O)OC(C)(C)C)o2)cc1)C(=O)O. The number of nitrogens with zero attached hydrogens (tertiary/aromatic N) is 5. The third-order valence-corrected chi connectivity index (χ3v) is 5.75. The summed E-state index contributed by atoms with van der Waals surface area (Å²) in [5.74, 6) is 0.429. The summed E-state index contributed by atoms with van der Waals surface area (Å²) in [5, 5.41) is 20.0. The second-order valence-electron chi connectivity index (χ2n) is 10.1. The van der Waals surface area contributed by atoms with Crippen molar-refractivity contribution in [2.75, 3.05) is 12.4 Å². The lowest BCUT2D eigenvalue weighted by Gasteiger charge is -2.20. The minimum Gasteiger partial charge on any atom is -0.465 e. The van der Waals surface area contributed by atoms with E-state index in [1.807, 2.05) is 6.08 Å². The van der Waals surface area contributed by atoms with Crippen molar-refractivity contribution >= 4 is 23.6 Å². The van der Waals surface area contributed by atoms with Crippen molar-refractivity contribution in [3.05, 3.63) is 47.8 Å². The molecular formula is C26H31N7O5. The van der Waals surface area contributed by atoms with Crippen LogP contribution in [0.15, 0.2) is 41.0 Å². The maximum Gasteiger partial charge on any atom is 0.413 e. The smallest absolute Gasteiger partial charge is 0.413 e. The van der Waals surface area contributed by atoms with E-state index in [4.69, 9.17) is 25.0 Å². The zero-order chi connectivity index (χ0) is 27.4. The number of carbonyl (C=O) groups is 2. The van der Waals surface area contributed by atoms with E-state index < -0.39 is 17.8 Å². The highest BCUT2D eigenvalue weighted by molar-refractivity contribution is 5.88. The normalized spacial score (nSPS) is 15.5. The van der Waals surface area contributed by atoms with Gasteiger partial charge in [0.1, 0.15) is 5.60 Å². The fraction of sp³-hybridized carbons (Fsp3) is 0.385. The highest BCUT2D eigenvalue weighted by atomic mass is 16.6. The molecule has 1 aliphatic carbocycles. The first kappa shape index (κ1) is 26.7. The lowest BCUT2D eigenvalue weighted by molar-refractivity contribution is 0.0635. The summed E-state index contributed by atoms with van der Waals surface area (Å²) >= 11 is 0. The molecule has 1 aliphatic rings. The van der Waals surface area contributed by atoms with Gasteiger partial charge >= 0.3 is 12.2 Å². The predicted molar refractivity (Wildman–Crippen MR) is 140 cm³/mol. The number of benzene rings is 1. The zero-order valence-electron chi connectivity index (χ0n) is 21.8. The van der Waals surface area contributed by atoms with Crippen LogP contribution in [0.2, 0.25) is 0 Å². The molecule has 1 aromatic carbocycles. The second-order valence-corrected chi connectivity index (χ2v) is 10.1. The van der Waals surface area contributed by atoms with E-state index in [1.54, 1.807) is 51.2 Å². The van der Waals surface area contributed by atoms with Crippen LogP contribution in [0.25, 0.3) is 28.6 Å². The van der Waals surface area contributed by atoms with Gasteiger partial charge in [-0.25, -0.2) is 19.6 Å². The summed E-state index contributed by atoms with van der Waals surface area (Å²) in [6.07, 6.45) is 4.27. The fourth-order valence-electron chi connectivity index (χ4n) is 3.80. The Morgan fingerprint density at radius 1 is 1.21 bits per heavy atom. The molecule has 200 valence electrons. The lowest BCUT2D eigenvalue weighted by atomic mass is 9.94. The monoisotopic (exact) mass is 521 g/mol. The van der Waals surface area contributed by atoms with Gasteiger partial charge in [-0.2, -0.15) is 0 Å². The van der Waals surface area contributed by atoms with E-state index in [9.17, 15) is 9.59 Å². The molecule has 4 N–H and O–H groups in total. The predicted octanol–water partition coefficient (Wildman–Crippen LogP) is 4.55. The number of carboxylic acid groups (broad SMARTS) is 1. The molecule has 3 aromatic rings. The van der Waals surface area contributed by atoms with Crippen LogP contribution in [-0.4, -0.2) is 61.0 Å². The largest absolute Gasteiger partial charge is 0.465 e. The minimum atomic E-state index is -1.01. The maximum absolute atomic E-state index is 12.5. The maximum atomic E-state index is 12.5. The van der Waals surface area contributed by atoms with Gasteiger partial charge in [-0.05, 0) is 63.3 Å². The first-order valence-electron chi connectivity index (χ1n) is 12.2. The van der Waals surface area contributed by atoms with Crippen LogP contribution in [0.3, 0.4) is 0 Å². The summed E-state index contributed by atoms with van der Waals surface area (Å²) in [6, 6.07) is 7.22. The van der Waals surface area contributed by atoms with Gasteiger partial charge in [0, 0.05) is 25.2 Å². The Bertz CT molecular complexity index is 1340. The van der Waals surface area contributed by atoms with E-state index in [2.05, 4.69) is 20.5 Å². The standard InChI is InChI=1S/C26H31N7O5/c1-26(2,3)38-24(34)30-21-20(29-19(13-28-21)16-9-11-18(27)12-10-16)23-32-31-22(37-23)17-7-5-15(6-8-17)14-33(4)25(35)36/h5-9,13,18H,10-12,14,27H2,1-4H3,(H,35,36)(H,28,30,34). The van der Waals surface area contributed by atoms with Crippen LogP contribution >= 0.6 is 0 Å². The van der Waals surface area contributed by atoms with Crippen molar-refractivity contribution in [2.24, 2.45) is 5.73 Å². The molecule has 0 aliphatic heterocycles. The van der Waals surface area contributed by atoms with E-state index in [-0.39, 0.29) is 35.9 Å². The molecule has 4 rings (SSSR count). The van der Waals surface area contributed by atoms with Crippen LogP contribution in [0.4, 0.5) is 15.4 Å². The van der Waals surface area contributed by atoms with Gasteiger partial charge in [0.2, 0.25) is 5.89 Å². The fourth-order valence-corrected chi connectivity index (χ4v) is 3.80. The van der Waals surface area contributed by atoms with Gasteiger partial charge in [0.15, 0.2) is 11.5 Å². The molecule has 2 heterocycles. The number of rotatable bonds is 6. The zero-order valence-corrected chi connectivity index (χ0v) is 21.8. The van der Waals surface area contributed by atoms with E-state index in [0.29, 0.717) is 11.3 Å². The van der Waals surface area contributed by atoms with Crippen molar-refractivity contribution in [2.45, 2.75) is 58.2 Å². The third kappa shape index (κ3) is 6.71. The Morgan fingerprint density at radius 3 is 2.55 bits per heavy atom. The van der Waals surface area contributed by atoms with Gasteiger partial charge in [0.25, 0.3) is 5.89 Å². The summed E-state index contributed by atoms with van der Waals surface area (Å²) in [7, 11) is 1.50.